The van der Waals surface area contributed by atoms with E-state index < -0.39 is 45.0 Å². The first-order valence-corrected chi connectivity index (χ1v) is 10.9. The maximum Gasteiger partial charge on any atom is 0.500 e. The number of hydrogen-bond donors (Lipinski definition) is 0. The molecule has 6 nitrogen and oxygen atoms in total. The first-order valence-electron chi connectivity index (χ1n) is 8.99. The molecule has 0 aromatic rings. The molecule has 1 atom stereocenters. The SMILES string of the molecule is CCOC(=O)C(CCC[Si](OCC)(OCC)OCC)C(=O)C(F)(F)C(F)(F)F. The van der Waals surface area contributed by atoms with Gasteiger partial charge in [0.2, 0.25) is 5.78 Å². The molecule has 0 bridgehead atoms. The standard InChI is InChI=1S/C16H27F5O6Si/c1-5-24-14(23)12(13(22)15(17,18)16(19,20)21)10-9-11-28(25-6-2,26-7-3)27-8-4/h12H,5-11H2,1-4H3. The minimum Gasteiger partial charge on any atom is -0.465 e. The highest BCUT2D eigenvalue weighted by Gasteiger charge is 2.65. The minimum absolute atomic E-state index is 0.0449. The van der Waals surface area contributed by atoms with Crippen molar-refractivity contribution < 1.29 is 49.6 Å². The fraction of sp³-hybridized carbons (Fsp3) is 0.875. The van der Waals surface area contributed by atoms with Crippen molar-refractivity contribution >= 4 is 20.6 Å². The molecule has 0 aromatic heterocycles. The van der Waals surface area contributed by atoms with Gasteiger partial charge in [0, 0.05) is 25.9 Å². The number of Topliss-reactive ketones (excluding diaryl/α,β-unsaturated/α-hetero) is 1. The van der Waals surface area contributed by atoms with E-state index in [0.717, 1.165) is 0 Å². The maximum atomic E-state index is 13.5. The van der Waals surface area contributed by atoms with Gasteiger partial charge in [-0.25, -0.2) is 0 Å². The second kappa shape index (κ2) is 11.8. The second-order valence-electron chi connectivity index (χ2n) is 5.62. The number of hydrogen-bond acceptors (Lipinski definition) is 6. The Morgan fingerprint density at radius 2 is 1.32 bits per heavy atom. The molecule has 0 radical (unpaired) electrons. The lowest BCUT2D eigenvalue weighted by Crippen LogP contribution is -2.49. The van der Waals surface area contributed by atoms with Crippen LogP contribution < -0.4 is 0 Å². The third-order valence-corrected chi connectivity index (χ3v) is 6.77. The van der Waals surface area contributed by atoms with Crippen LogP contribution in [0.1, 0.15) is 40.5 Å². The molecule has 166 valence electrons. The van der Waals surface area contributed by atoms with E-state index in [9.17, 15) is 31.5 Å². The van der Waals surface area contributed by atoms with Crippen molar-refractivity contribution in [2.24, 2.45) is 5.92 Å². The molecule has 0 saturated heterocycles. The van der Waals surface area contributed by atoms with E-state index in [1.54, 1.807) is 20.8 Å². The molecule has 0 aliphatic heterocycles. The van der Waals surface area contributed by atoms with Crippen molar-refractivity contribution in [1.29, 1.82) is 0 Å². The van der Waals surface area contributed by atoms with Crippen LogP contribution in [-0.2, 0) is 27.6 Å². The largest absolute Gasteiger partial charge is 0.500 e. The smallest absolute Gasteiger partial charge is 0.465 e. The number of ether oxygens (including phenoxy) is 1. The Morgan fingerprint density at radius 3 is 1.68 bits per heavy atom. The van der Waals surface area contributed by atoms with Crippen molar-refractivity contribution in [1.82, 2.24) is 0 Å². The Bertz CT molecular complexity index is 483. The molecular formula is C16H27F5O6Si. The molecule has 12 heteroatoms. The maximum absolute atomic E-state index is 13.5. The van der Waals surface area contributed by atoms with Crippen LogP contribution in [0.2, 0.25) is 6.04 Å². The zero-order chi connectivity index (χ0) is 22.0. The van der Waals surface area contributed by atoms with Crippen LogP contribution in [0.5, 0.6) is 0 Å². The number of rotatable bonds is 14. The van der Waals surface area contributed by atoms with E-state index >= 15 is 0 Å². The van der Waals surface area contributed by atoms with Gasteiger partial charge in [-0.1, -0.05) is 0 Å². The summed E-state index contributed by atoms with van der Waals surface area (Å²) in [5.41, 5.74) is 0. The Hall–Kier alpha value is -1.11. The van der Waals surface area contributed by atoms with Crippen LogP contribution in [0.15, 0.2) is 0 Å². The summed E-state index contributed by atoms with van der Waals surface area (Å²) in [7, 11) is -3.21. The average Bonchev–Trinajstić information content (AvgIpc) is 2.58. The molecule has 0 fully saturated rings. The van der Waals surface area contributed by atoms with Gasteiger partial charge in [0.25, 0.3) is 0 Å². The van der Waals surface area contributed by atoms with Crippen molar-refractivity contribution in [2.45, 2.75) is 58.7 Å². The van der Waals surface area contributed by atoms with E-state index in [1.165, 1.54) is 6.92 Å². The predicted octanol–water partition coefficient (Wildman–Crippen LogP) is 3.76. The van der Waals surface area contributed by atoms with Crippen LogP contribution in [0.25, 0.3) is 0 Å². The van der Waals surface area contributed by atoms with Crippen molar-refractivity contribution in [3.63, 3.8) is 0 Å². The summed E-state index contributed by atoms with van der Waals surface area (Å²) in [4.78, 5) is 23.7. The number of halogens is 5. The van der Waals surface area contributed by atoms with Gasteiger partial charge in [-0.3, -0.25) is 9.59 Å². The summed E-state index contributed by atoms with van der Waals surface area (Å²) < 4.78 is 85.6. The van der Waals surface area contributed by atoms with Crippen molar-refractivity contribution in [3.05, 3.63) is 0 Å². The second-order valence-corrected chi connectivity index (χ2v) is 8.35. The first kappa shape index (κ1) is 26.9. The molecule has 0 amide bonds. The molecule has 28 heavy (non-hydrogen) atoms. The number of ketones is 1. The highest BCUT2D eigenvalue weighted by Crippen LogP contribution is 2.39. The van der Waals surface area contributed by atoms with E-state index in [0.29, 0.717) is 0 Å². The van der Waals surface area contributed by atoms with E-state index in [1.807, 2.05) is 0 Å². The van der Waals surface area contributed by atoms with Crippen LogP contribution >= 0.6 is 0 Å². The van der Waals surface area contributed by atoms with Crippen LogP contribution in [0.3, 0.4) is 0 Å². The lowest BCUT2D eigenvalue weighted by molar-refractivity contribution is -0.270. The molecule has 0 saturated carbocycles. The normalized spacial score (nSPS) is 14.0. The Kier molecular flexibility index (Phi) is 11.3. The van der Waals surface area contributed by atoms with Gasteiger partial charge in [-0.05, 0) is 40.5 Å². The zero-order valence-electron chi connectivity index (χ0n) is 16.4. The Balaban J connectivity index is 5.41. The third-order valence-electron chi connectivity index (χ3n) is 3.62. The highest BCUT2D eigenvalue weighted by molar-refractivity contribution is 6.60. The molecule has 0 N–H and O–H groups in total. The van der Waals surface area contributed by atoms with Gasteiger partial charge in [-0.15, -0.1) is 0 Å². The zero-order valence-corrected chi connectivity index (χ0v) is 17.4. The quantitative estimate of drug-likeness (QED) is 0.178. The van der Waals surface area contributed by atoms with Gasteiger partial charge >= 0.3 is 26.9 Å². The fourth-order valence-corrected chi connectivity index (χ4v) is 5.12. The van der Waals surface area contributed by atoms with Crippen LogP contribution in [0.4, 0.5) is 22.0 Å². The predicted molar refractivity (Wildman–Crippen MR) is 90.8 cm³/mol. The number of carbonyl (C=O) groups excluding carboxylic acids is 2. The van der Waals surface area contributed by atoms with Gasteiger partial charge in [0.15, 0.2) is 0 Å². The summed E-state index contributed by atoms with van der Waals surface area (Å²) in [5.74, 6) is -11.9. The topological polar surface area (TPSA) is 71.1 Å². The number of carbonyl (C=O) groups is 2. The fourth-order valence-electron chi connectivity index (χ4n) is 2.48. The third kappa shape index (κ3) is 7.37. The van der Waals surface area contributed by atoms with Crippen LogP contribution in [0, 0.1) is 5.92 Å². The average molecular weight is 438 g/mol. The highest BCUT2D eigenvalue weighted by atomic mass is 28.4. The lowest BCUT2D eigenvalue weighted by atomic mass is 9.94. The molecule has 0 spiro atoms. The van der Waals surface area contributed by atoms with Gasteiger partial charge in [-0.2, -0.15) is 22.0 Å². The Labute approximate surface area is 162 Å². The molecule has 0 aliphatic carbocycles. The number of alkyl halides is 5. The first-order chi connectivity index (χ1) is 12.9. The van der Waals surface area contributed by atoms with Gasteiger partial charge in [0.1, 0.15) is 5.92 Å². The molecule has 0 aliphatic rings. The molecule has 0 rings (SSSR count). The monoisotopic (exact) mass is 438 g/mol. The minimum atomic E-state index is -6.10. The van der Waals surface area contributed by atoms with Crippen molar-refractivity contribution in [2.75, 3.05) is 26.4 Å². The number of esters is 1. The summed E-state index contributed by atoms with van der Waals surface area (Å²) in [6, 6.07) is 0.0449. The van der Waals surface area contributed by atoms with E-state index in [2.05, 4.69) is 4.74 Å². The van der Waals surface area contributed by atoms with E-state index in [-0.39, 0.29) is 38.9 Å². The summed E-state index contributed by atoms with van der Waals surface area (Å²) in [6.07, 6.45) is -6.78. The van der Waals surface area contributed by atoms with Gasteiger partial charge in [0.05, 0.1) is 6.61 Å². The molecular weight excluding hydrogens is 411 g/mol. The van der Waals surface area contributed by atoms with E-state index in [4.69, 9.17) is 13.3 Å². The summed E-state index contributed by atoms with van der Waals surface area (Å²) in [5, 5.41) is 0. The summed E-state index contributed by atoms with van der Waals surface area (Å²) >= 11 is 0. The van der Waals surface area contributed by atoms with Crippen LogP contribution in [-0.4, -0.2) is 59.1 Å². The molecule has 1 unspecified atom stereocenters. The van der Waals surface area contributed by atoms with Gasteiger partial charge < -0.3 is 18.0 Å². The lowest BCUT2D eigenvalue weighted by Gasteiger charge is -2.29. The van der Waals surface area contributed by atoms with Crippen molar-refractivity contribution in [3.8, 4) is 0 Å². The molecule has 0 aromatic carbocycles. The molecule has 0 heterocycles. The summed E-state index contributed by atoms with van der Waals surface area (Å²) in [6.45, 7) is 6.85. The Morgan fingerprint density at radius 1 is 0.857 bits per heavy atom.